The molecule has 1 N–H and O–H groups in total. The van der Waals surface area contributed by atoms with Crippen molar-refractivity contribution < 1.29 is 0 Å². The molecule has 0 spiro atoms. The molecular formula is C14H11Cl3N2. The Hall–Kier alpha value is -1.22. The fraction of sp³-hybridized carbons (Fsp3) is 0.0714. The van der Waals surface area contributed by atoms with Gasteiger partial charge in [0.2, 0.25) is 0 Å². The first-order chi connectivity index (χ1) is 9.06. The Bertz CT molecular complexity index is 601. The minimum atomic E-state index is 0.430. The molecule has 0 aliphatic carbocycles. The van der Waals surface area contributed by atoms with Gasteiger partial charge < -0.3 is 0 Å². The van der Waals surface area contributed by atoms with Gasteiger partial charge in [0.25, 0.3) is 0 Å². The third kappa shape index (κ3) is 3.87. The number of nitrogens with one attached hydrogen (secondary N) is 1. The lowest BCUT2D eigenvalue weighted by atomic mass is 10.2. The van der Waals surface area contributed by atoms with E-state index in [1.54, 1.807) is 18.3 Å². The molecule has 98 valence electrons. The number of nitrogens with zero attached hydrogens (tertiary/aromatic N) is 1. The zero-order chi connectivity index (χ0) is 13.8. The minimum absolute atomic E-state index is 0.430. The summed E-state index contributed by atoms with van der Waals surface area (Å²) < 4.78 is 0. The van der Waals surface area contributed by atoms with E-state index in [9.17, 15) is 0 Å². The molecule has 0 unspecified atom stereocenters. The van der Waals surface area contributed by atoms with Crippen LogP contribution in [0.5, 0.6) is 0 Å². The third-order valence-electron chi connectivity index (χ3n) is 2.44. The van der Waals surface area contributed by atoms with Gasteiger partial charge in [-0.1, -0.05) is 64.6 Å². The van der Waals surface area contributed by atoms with Crippen LogP contribution in [0, 0.1) is 6.92 Å². The number of aryl methyl sites for hydroxylation is 1. The van der Waals surface area contributed by atoms with Gasteiger partial charge in [-0.15, -0.1) is 0 Å². The second-order valence-corrected chi connectivity index (χ2v) is 5.28. The van der Waals surface area contributed by atoms with Gasteiger partial charge in [-0.3, -0.25) is 5.43 Å². The van der Waals surface area contributed by atoms with E-state index < -0.39 is 0 Å². The van der Waals surface area contributed by atoms with Gasteiger partial charge in [-0.05, 0) is 24.6 Å². The van der Waals surface area contributed by atoms with Gasteiger partial charge in [-0.2, -0.15) is 5.10 Å². The van der Waals surface area contributed by atoms with Gasteiger partial charge in [0.1, 0.15) is 0 Å². The zero-order valence-corrected chi connectivity index (χ0v) is 12.4. The summed E-state index contributed by atoms with van der Waals surface area (Å²) >= 11 is 17.9. The van der Waals surface area contributed by atoms with Gasteiger partial charge in [0, 0.05) is 5.02 Å². The molecule has 0 saturated heterocycles. The normalized spacial score (nSPS) is 10.9. The van der Waals surface area contributed by atoms with E-state index in [1.165, 1.54) is 5.56 Å². The number of hydrogen-bond donors (Lipinski definition) is 1. The van der Waals surface area contributed by atoms with E-state index in [2.05, 4.69) is 10.5 Å². The Labute approximate surface area is 127 Å². The molecular weight excluding hydrogens is 303 g/mol. The van der Waals surface area contributed by atoms with E-state index in [1.807, 2.05) is 31.2 Å². The summed E-state index contributed by atoms with van der Waals surface area (Å²) in [5, 5.41) is 5.47. The highest BCUT2D eigenvalue weighted by Gasteiger charge is 2.06. The standard InChI is InChI=1S/C14H11Cl3N2/c1-9-3-2-4-10(5-9)8-18-19-14-12(16)6-11(15)7-13(14)17/h2-8,19H,1H3/b18-8+. The lowest BCUT2D eigenvalue weighted by molar-refractivity contribution is 1.35. The van der Waals surface area contributed by atoms with Crippen molar-refractivity contribution in [3.8, 4) is 0 Å². The second kappa shape index (κ2) is 6.29. The van der Waals surface area contributed by atoms with Crippen LogP contribution in [-0.2, 0) is 0 Å². The maximum Gasteiger partial charge on any atom is 0.0935 e. The molecule has 2 rings (SSSR count). The molecule has 2 nitrogen and oxygen atoms in total. The average molecular weight is 314 g/mol. The molecule has 0 aliphatic rings. The second-order valence-electron chi connectivity index (χ2n) is 4.03. The van der Waals surface area contributed by atoms with E-state index in [0.29, 0.717) is 20.8 Å². The van der Waals surface area contributed by atoms with Gasteiger partial charge in [-0.25, -0.2) is 0 Å². The summed E-state index contributed by atoms with van der Waals surface area (Å²) in [5.74, 6) is 0. The van der Waals surface area contributed by atoms with Crippen molar-refractivity contribution in [3.05, 3.63) is 62.6 Å². The summed E-state index contributed by atoms with van der Waals surface area (Å²) in [6, 6.07) is 11.2. The highest BCUT2D eigenvalue weighted by atomic mass is 35.5. The molecule has 0 aromatic heterocycles. The highest BCUT2D eigenvalue weighted by Crippen LogP contribution is 2.33. The Balaban J connectivity index is 2.15. The number of hydrazone groups is 1. The van der Waals surface area contributed by atoms with Crippen LogP contribution in [0.1, 0.15) is 11.1 Å². The van der Waals surface area contributed by atoms with Crippen LogP contribution in [0.15, 0.2) is 41.5 Å². The van der Waals surface area contributed by atoms with Crippen molar-refractivity contribution in [2.75, 3.05) is 5.43 Å². The number of rotatable bonds is 3. The summed E-state index contributed by atoms with van der Waals surface area (Å²) in [5.41, 5.74) is 5.53. The van der Waals surface area contributed by atoms with Crippen LogP contribution in [-0.4, -0.2) is 6.21 Å². The third-order valence-corrected chi connectivity index (χ3v) is 3.25. The Morgan fingerprint density at radius 2 is 1.74 bits per heavy atom. The smallest absolute Gasteiger partial charge is 0.0935 e. The number of anilines is 1. The van der Waals surface area contributed by atoms with E-state index in [0.717, 1.165) is 5.56 Å². The molecule has 0 heterocycles. The minimum Gasteiger partial charge on any atom is -0.275 e. The number of benzene rings is 2. The predicted molar refractivity (Wildman–Crippen MR) is 83.9 cm³/mol. The molecule has 0 aliphatic heterocycles. The Kier molecular flexibility index (Phi) is 4.70. The molecule has 2 aromatic carbocycles. The molecule has 0 amide bonds. The quantitative estimate of drug-likeness (QED) is 0.595. The van der Waals surface area contributed by atoms with Crippen molar-refractivity contribution >= 4 is 46.7 Å². The Morgan fingerprint density at radius 3 is 2.37 bits per heavy atom. The molecule has 0 saturated carbocycles. The fourth-order valence-electron chi connectivity index (χ4n) is 1.57. The highest BCUT2D eigenvalue weighted by molar-refractivity contribution is 6.41. The van der Waals surface area contributed by atoms with Gasteiger partial charge in [0.05, 0.1) is 21.9 Å². The monoisotopic (exact) mass is 312 g/mol. The first-order valence-electron chi connectivity index (χ1n) is 5.56. The Morgan fingerprint density at radius 1 is 1.05 bits per heavy atom. The van der Waals surface area contributed by atoms with Crippen LogP contribution in [0.2, 0.25) is 15.1 Å². The number of halogens is 3. The van der Waals surface area contributed by atoms with Crippen molar-refractivity contribution in [2.45, 2.75) is 6.92 Å². The van der Waals surface area contributed by atoms with Crippen molar-refractivity contribution in [1.29, 1.82) is 0 Å². The zero-order valence-electron chi connectivity index (χ0n) is 10.1. The van der Waals surface area contributed by atoms with Crippen LogP contribution in [0.25, 0.3) is 0 Å². The molecule has 0 radical (unpaired) electrons. The van der Waals surface area contributed by atoms with Crippen LogP contribution < -0.4 is 5.43 Å². The van der Waals surface area contributed by atoms with Crippen LogP contribution in [0.4, 0.5) is 5.69 Å². The lowest BCUT2D eigenvalue weighted by Crippen LogP contribution is -1.93. The molecule has 0 atom stereocenters. The first kappa shape index (κ1) is 14.2. The van der Waals surface area contributed by atoms with Crippen LogP contribution >= 0.6 is 34.8 Å². The topological polar surface area (TPSA) is 24.4 Å². The van der Waals surface area contributed by atoms with Crippen molar-refractivity contribution in [3.63, 3.8) is 0 Å². The molecule has 0 bridgehead atoms. The average Bonchev–Trinajstić information content (AvgIpc) is 2.32. The molecule has 2 aromatic rings. The molecule has 19 heavy (non-hydrogen) atoms. The predicted octanol–water partition coefficient (Wildman–Crippen LogP) is 5.40. The van der Waals surface area contributed by atoms with Gasteiger partial charge >= 0.3 is 0 Å². The van der Waals surface area contributed by atoms with Crippen LogP contribution in [0.3, 0.4) is 0 Å². The summed E-state index contributed by atoms with van der Waals surface area (Å²) in [6.45, 7) is 2.03. The maximum atomic E-state index is 6.04. The van der Waals surface area contributed by atoms with E-state index in [-0.39, 0.29) is 0 Å². The molecule has 5 heteroatoms. The summed E-state index contributed by atoms with van der Waals surface area (Å²) in [7, 11) is 0. The number of hydrogen-bond acceptors (Lipinski definition) is 2. The lowest BCUT2D eigenvalue weighted by Gasteiger charge is -2.06. The first-order valence-corrected chi connectivity index (χ1v) is 6.70. The maximum absolute atomic E-state index is 6.04. The van der Waals surface area contributed by atoms with E-state index >= 15 is 0 Å². The fourth-order valence-corrected chi connectivity index (χ4v) is 2.47. The largest absolute Gasteiger partial charge is 0.275 e. The summed E-state index contributed by atoms with van der Waals surface area (Å²) in [6.07, 6.45) is 1.70. The van der Waals surface area contributed by atoms with E-state index in [4.69, 9.17) is 34.8 Å². The van der Waals surface area contributed by atoms with Crippen molar-refractivity contribution in [2.24, 2.45) is 5.10 Å². The molecule has 0 fully saturated rings. The SMILES string of the molecule is Cc1cccc(/C=N/Nc2c(Cl)cc(Cl)cc2Cl)c1. The van der Waals surface area contributed by atoms with Gasteiger partial charge in [0.15, 0.2) is 0 Å². The summed E-state index contributed by atoms with van der Waals surface area (Å²) in [4.78, 5) is 0. The van der Waals surface area contributed by atoms with Crippen molar-refractivity contribution in [1.82, 2.24) is 0 Å².